The summed E-state index contributed by atoms with van der Waals surface area (Å²) in [6.07, 6.45) is 0. The van der Waals surface area contributed by atoms with Crippen LogP contribution >= 0.6 is 0 Å². The first kappa shape index (κ1) is 16.1. The van der Waals surface area contributed by atoms with Crippen molar-refractivity contribution in [2.45, 2.75) is 18.4 Å². The number of hydrogen-bond donors (Lipinski definition) is 2. The van der Waals surface area contributed by atoms with Gasteiger partial charge in [0.1, 0.15) is 5.82 Å². The zero-order valence-corrected chi connectivity index (χ0v) is 12.7. The molecule has 2 aromatic carbocycles. The number of nitrogens with two attached hydrogens (primary N) is 1. The van der Waals surface area contributed by atoms with E-state index >= 15 is 0 Å². The molecule has 7 heteroatoms. The van der Waals surface area contributed by atoms with Crippen molar-refractivity contribution in [1.29, 1.82) is 0 Å². The van der Waals surface area contributed by atoms with Crippen molar-refractivity contribution in [3.63, 3.8) is 0 Å². The predicted octanol–water partition coefficient (Wildman–Crippen LogP) is 1.71. The van der Waals surface area contributed by atoms with Crippen molar-refractivity contribution in [2.24, 2.45) is 5.73 Å². The summed E-state index contributed by atoms with van der Waals surface area (Å²) in [7, 11) is -3.81. The van der Waals surface area contributed by atoms with Crippen molar-refractivity contribution < 1.29 is 17.6 Å². The summed E-state index contributed by atoms with van der Waals surface area (Å²) < 4.78 is 40.0. The Morgan fingerprint density at radius 3 is 2.36 bits per heavy atom. The van der Waals surface area contributed by atoms with Gasteiger partial charge in [-0.1, -0.05) is 18.2 Å². The second-order valence-corrected chi connectivity index (χ2v) is 6.56. The van der Waals surface area contributed by atoms with E-state index in [-0.39, 0.29) is 11.4 Å². The molecule has 0 heterocycles. The highest BCUT2D eigenvalue weighted by molar-refractivity contribution is 7.89. The van der Waals surface area contributed by atoms with Crippen molar-refractivity contribution in [3.05, 3.63) is 65.0 Å². The number of halogens is 1. The molecule has 0 unspecified atom stereocenters. The summed E-state index contributed by atoms with van der Waals surface area (Å²) in [4.78, 5) is 10.8. The van der Waals surface area contributed by atoms with Crippen LogP contribution in [0.5, 0.6) is 0 Å². The van der Waals surface area contributed by atoms with E-state index in [9.17, 15) is 17.6 Å². The van der Waals surface area contributed by atoms with Gasteiger partial charge in [0.25, 0.3) is 0 Å². The second-order valence-electron chi connectivity index (χ2n) is 4.80. The molecular weight excluding hydrogens is 307 g/mol. The molecule has 0 aliphatic heterocycles. The average Bonchev–Trinajstić information content (AvgIpc) is 2.48. The lowest BCUT2D eigenvalue weighted by Crippen LogP contribution is -2.23. The van der Waals surface area contributed by atoms with Crippen LogP contribution in [0, 0.1) is 12.7 Å². The highest BCUT2D eigenvalue weighted by Crippen LogP contribution is 2.14. The van der Waals surface area contributed by atoms with Crippen LogP contribution in [0.25, 0.3) is 0 Å². The van der Waals surface area contributed by atoms with Crippen molar-refractivity contribution in [3.8, 4) is 0 Å². The zero-order chi connectivity index (χ0) is 16.3. The highest BCUT2D eigenvalue weighted by atomic mass is 32.2. The van der Waals surface area contributed by atoms with E-state index in [1.165, 1.54) is 24.3 Å². The lowest BCUT2D eigenvalue weighted by atomic mass is 10.1. The van der Waals surface area contributed by atoms with Crippen LogP contribution < -0.4 is 10.5 Å². The number of primary amides is 1. The van der Waals surface area contributed by atoms with Crippen molar-refractivity contribution >= 4 is 15.9 Å². The van der Waals surface area contributed by atoms with Crippen molar-refractivity contribution in [1.82, 2.24) is 4.72 Å². The van der Waals surface area contributed by atoms with Crippen LogP contribution in [0.4, 0.5) is 4.39 Å². The number of sulfonamides is 1. The molecule has 0 spiro atoms. The third kappa shape index (κ3) is 3.69. The number of aryl methyl sites for hydroxylation is 1. The molecule has 0 aliphatic rings. The maximum Gasteiger partial charge on any atom is 0.248 e. The number of carbonyl (C=O) groups excluding carboxylic acids is 1. The van der Waals surface area contributed by atoms with Crippen LogP contribution in [-0.4, -0.2) is 14.3 Å². The molecule has 0 aliphatic carbocycles. The van der Waals surface area contributed by atoms with Crippen LogP contribution in [0.1, 0.15) is 21.5 Å². The standard InChI is InChI=1S/C15H15FN2O3S/c1-10-2-7-13(8-14(10)16)22(20,21)18-9-11-3-5-12(6-4-11)15(17)19/h2-8,18H,9H2,1H3,(H2,17,19). The Kier molecular flexibility index (Phi) is 4.58. The molecule has 0 radical (unpaired) electrons. The van der Waals surface area contributed by atoms with Gasteiger partial charge < -0.3 is 5.73 Å². The van der Waals surface area contributed by atoms with Gasteiger partial charge in [-0.25, -0.2) is 17.5 Å². The molecular formula is C15H15FN2O3S. The molecule has 0 bridgehead atoms. The monoisotopic (exact) mass is 322 g/mol. The summed E-state index contributed by atoms with van der Waals surface area (Å²) >= 11 is 0. The third-order valence-corrected chi connectivity index (χ3v) is 4.56. The van der Waals surface area contributed by atoms with E-state index in [0.29, 0.717) is 16.7 Å². The molecule has 116 valence electrons. The molecule has 0 aromatic heterocycles. The lowest BCUT2D eigenvalue weighted by molar-refractivity contribution is 0.100. The number of amides is 1. The van der Waals surface area contributed by atoms with Gasteiger partial charge in [-0.15, -0.1) is 0 Å². The van der Waals surface area contributed by atoms with Crippen LogP contribution in [0.3, 0.4) is 0 Å². The fourth-order valence-electron chi connectivity index (χ4n) is 1.79. The maximum absolute atomic E-state index is 13.5. The van der Waals surface area contributed by atoms with Gasteiger partial charge in [0.15, 0.2) is 0 Å². The van der Waals surface area contributed by atoms with E-state index in [2.05, 4.69) is 4.72 Å². The summed E-state index contributed by atoms with van der Waals surface area (Å²) in [5, 5.41) is 0. The molecule has 0 saturated heterocycles. The third-order valence-electron chi connectivity index (χ3n) is 3.16. The average molecular weight is 322 g/mol. The molecule has 22 heavy (non-hydrogen) atoms. The van der Waals surface area contributed by atoms with E-state index in [4.69, 9.17) is 5.73 Å². The number of hydrogen-bond acceptors (Lipinski definition) is 3. The smallest absolute Gasteiger partial charge is 0.248 e. The van der Waals surface area contributed by atoms with E-state index in [1.54, 1.807) is 19.1 Å². The normalized spacial score (nSPS) is 11.4. The Morgan fingerprint density at radius 2 is 1.82 bits per heavy atom. The molecule has 0 saturated carbocycles. The SMILES string of the molecule is Cc1ccc(S(=O)(=O)NCc2ccc(C(N)=O)cc2)cc1F. The second kappa shape index (κ2) is 6.25. The minimum atomic E-state index is -3.81. The topological polar surface area (TPSA) is 89.3 Å². The van der Waals surface area contributed by atoms with E-state index in [0.717, 1.165) is 6.07 Å². The Labute approximate surface area is 128 Å². The molecule has 1 amide bonds. The summed E-state index contributed by atoms with van der Waals surface area (Å²) in [6, 6.07) is 9.95. The first-order chi connectivity index (χ1) is 10.3. The first-order valence-corrected chi connectivity index (χ1v) is 7.92. The summed E-state index contributed by atoms with van der Waals surface area (Å²) in [5.74, 6) is -1.13. The van der Waals surface area contributed by atoms with Crippen molar-refractivity contribution in [2.75, 3.05) is 0 Å². The molecule has 2 rings (SSSR count). The maximum atomic E-state index is 13.5. The van der Waals surface area contributed by atoms with E-state index < -0.39 is 21.7 Å². The largest absolute Gasteiger partial charge is 0.366 e. The minimum Gasteiger partial charge on any atom is -0.366 e. The van der Waals surface area contributed by atoms with E-state index in [1.807, 2.05) is 0 Å². The molecule has 5 nitrogen and oxygen atoms in total. The van der Waals surface area contributed by atoms with Gasteiger partial charge in [-0.2, -0.15) is 0 Å². The first-order valence-electron chi connectivity index (χ1n) is 6.44. The number of carbonyl (C=O) groups is 1. The van der Waals surface area contributed by atoms with Gasteiger partial charge in [0.05, 0.1) is 4.90 Å². The van der Waals surface area contributed by atoms with Gasteiger partial charge in [-0.05, 0) is 42.3 Å². The Morgan fingerprint density at radius 1 is 1.18 bits per heavy atom. The Hall–Kier alpha value is -2.25. The van der Waals surface area contributed by atoms with Gasteiger partial charge in [0.2, 0.25) is 15.9 Å². The summed E-state index contributed by atoms with van der Waals surface area (Å²) in [6.45, 7) is 1.58. The lowest BCUT2D eigenvalue weighted by Gasteiger charge is -2.08. The number of rotatable bonds is 5. The Bertz CT molecular complexity index is 802. The molecule has 3 N–H and O–H groups in total. The summed E-state index contributed by atoms with van der Waals surface area (Å²) in [5.41, 5.74) is 6.49. The van der Waals surface area contributed by atoms with Crippen LogP contribution in [0.2, 0.25) is 0 Å². The van der Waals surface area contributed by atoms with Gasteiger partial charge in [0, 0.05) is 12.1 Å². The fraction of sp³-hybridized carbons (Fsp3) is 0.133. The fourth-order valence-corrected chi connectivity index (χ4v) is 2.82. The van der Waals surface area contributed by atoms with Crippen LogP contribution in [0.15, 0.2) is 47.4 Å². The quantitative estimate of drug-likeness (QED) is 0.878. The number of benzene rings is 2. The number of nitrogens with one attached hydrogen (secondary N) is 1. The minimum absolute atomic E-state index is 0.0247. The molecule has 0 fully saturated rings. The van der Waals surface area contributed by atoms with Gasteiger partial charge >= 0.3 is 0 Å². The highest BCUT2D eigenvalue weighted by Gasteiger charge is 2.15. The Balaban J connectivity index is 2.12. The van der Waals surface area contributed by atoms with Gasteiger partial charge in [-0.3, -0.25) is 4.79 Å². The molecule has 2 aromatic rings. The van der Waals surface area contributed by atoms with Crippen LogP contribution in [-0.2, 0) is 16.6 Å². The molecule has 0 atom stereocenters. The predicted molar refractivity (Wildman–Crippen MR) is 80.1 cm³/mol. The zero-order valence-electron chi connectivity index (χ0n) is 11.8.